The summed E-state index contributed by atoms with van der Waals surface area (Å²) in [4.78, 5) is 18.3. The third-order valence-corrected chi connectivity index (χ3v) is 3.74. The Morgan fingerprint density at radius 3 is 3.10 bits per heavy atom. The van der Waals surface area contributed by atoms with Gasteiger partial charge in [0.2, 0.25) is 0 Å². The van der Waals surface area contributed by atoms with Crippen LogP contribution in [0.25, 0.3) is 0 Å². The molecule has 1 unspecified atom stereocenters. The number of ether oxygens (including phenoxy) is 1. The molecule has 1 aliphatic heterocycles. The van der Waals surface area contributed by atoms with Crippen molar-refractivity contribution in [3.8, 4) is 0 Å². The number of hydrogen-bond donors (Lipinski definition) is 2. The number of rotatable bonds is 4. The first-order valence-corrected chi connectivity index (χ1v) is 6.89. The second kappa shape index (κ2) is 6.56. The highest BCUT2D eigenvalue weighted by Crippen LogP contribution is 2.19. The molecule has 3 N–H and O–H groups in total. The van der Waals surface area contributed by atoms with E-state index in [4.69, 9.17) is 10.5 Å². The molecule has 1 aliphatic rings. The number of carbonyl (C=O) groups excluding carboxylic acids is 1. The zero-order valence-corrected chi connectivity index (χ0v) is 12.1. The molecule has 20 heavy (non-hydrogen) atoms. The molecular formula is C14H22N4O2. The molecule has 110 valence electrons. The largest absolute Gasteiger partial charge is 0.465 e. The van der Waals surface area contributed by atoms with Crippen LogP contribution in [0.2, 0.25) is 0 Å². The van der Waals surface area contributed by atoms with E-state index in [9.17, 15) is 4.79 Å². The van der Waals surface area contributed by atoms with Gasteiger partial charge >= 0.3 is 5.97 Å². The summed E-state index contributed by atoms with van der Waals surface area (Å²) < 4.78 is 4.76. The van der Waals surface area contributed by atoms with Gasteiger partial charge in [0.05, 0.1) is 19.0 Å². The smallest absolute Gasteiger partial charge is 0.341 e. The molecule has 0 bridgehead atoms. The molecule has 1 atom stereocenters. The average molecular weight is 278 g/mol. The number of pyridine rings is 1. The number of nitrogen functional groups attached to an aromatic ring is 1. The van der Waals surface area contributed by atoms with Crippen LogP contribution in [0, 0.1) is 0 Å². The summed E-state index contributed by atoms with van der Waals surface area (Å²) in [6.07, 6.45) is 5.20. The Hall–Kier alpha value is -1.82. The number of hydrogen-bond acceptors (Lipinski definition) is 6. The Morgan fingerprint density at radius 2 is 2.40 bits per heavy atom. The Bertz CT molecular complexity index is 478. The lowest BCUT2D eigenvalue weighted by Crippen LogP contribution is -2.41. The number of carbonyl (C=O) groups is 1. The standard InChI is InChI=1S/C14H22N4O2/c1-18-6-4-3-5-11(18)9-17-13-12(14(19)20-2)7-10(15)8-16-13/h7-8,11H,3-6,9,15H2,1-2H3,(H,16,17). The molecule has 1 saturated heterocycles. The highest BCUT2D eigenvalue weighted by molar-refractivity contribution is 5.95. The van der Waals surface area contributed by atoms with E-state index in [0.717, 1.165) is 19.5 Å². The quantitative estimate of drug-likeness (QED) is 0.809. The molecule has 0 spiro atoms. The summed E-state index contributed by atoms with van der Waals surface area (Å²) in [7, 11) is 3.48. The third kappa shape index (κ3) is 3.39. The van der Waals surface area contributed by atoms with E-state index in [2.05, 4.69) is 22.2 Å². The lowest BCUT2D eigenvalue weighted by atomic mass is 10.0. The van der Waals surface area contributed by atoms with Gasteiger partial charge in [0.15, 0.2) is 0 Å². The summed E-state index contributed by atoms with van der Waals surface area (Å²) in [6.45, 7) is 1.88. The number of anilines is 2. The van der Waals surface area contributed by atoms with Crippen molar-refractivity contribution in [1.29, 1.82) is 0 Å². The van der Waals surface area contributed by atoms with Gasteiger partial charge in [-0.2, -0.15) is 0 Å². The van der Waals surface area contributed by atoms with Crippen LogP contribution >= 0.6 is 0 Å². The van der Waals surface area contributed by atoms with Gasteiger partial charge in [-0.15, -0.1) is 0 Å². The van der Waals surface area contributed by atoms with Crippen molar-refractivity contribution in [1.82, 2.24) is 9.88 Å². The Labute approximate surface area is 119 Å². The van der Waals surface area contributed by atoms with E-state index in [1.807, 2.05) is 0 Å². The molecule has 0 amide bonds. The second-order valence-corrected chi connectivity index (χ2v) is 5.17. The van der Waals surface area contributed by atoms with Crippen molar-refractivity contribution in [2.24, 2.45) is 0 Å². The lowest BCUT2D eigenvalue weighted by Gasteiger charge is -2.32. The molecule has 0 saturated carbocycles. The minimum Gasteiger partial charge on any atom is -0.465 e. The highest BCUT2D eigenvalue weighted by Gasteiger charge is 2.20. The Kier molecular flexibility index (Phi) is 4.79. The number of likely N-dealkylation sites (N-methyl/N-ethyl adjacent to an activating group) is 1. The normalized spacial score (nSPS) is 19.6. The topological polar surface area (TPSA) is 80.5 Å². The summed E-state index contributed by atoms with van der Waals surface area (Å²) >= 11 is 0. The fourth-order valence-electron chi connectivity index (χ4n) is 2.50. The van der Waals surface area contributed by atoms with Crippen LogP contribution in [0.3, 0.4) is 0 Å². The summed E-state index contributed by atoms with van der Waals surface area (Å²) in [6, 6.07) is 2.06. The summed E-state index contributed by atoms with van der Waals surface area (Å²) in [5.74, 6) is 0.106. The minimum absolute atomic E-state index is 0.381. The first-order chi connectivity index (χ1) is 9.61. The van der Waals surface area contributed by atoms with Crippen LogP contribution in [0.4, 0.5) is 11.5 Å². The van der Waals surface area contributed by atoms with E-state index >= 15 is 0 Å². The first kappa shape index (κ1) is 14.6. The van der Waals surface area contributed by atoms with Crippen LogP contribution in [0.1, 0.15) is 29.6 Å². The molecule has 0 aliphatic carbocycles. The van der Waals surface area contributed by atoms with Gasteiger partial charge in [-0.05, 0) is 32.5 Å². The number of esters is 1. The number of nitrogens with one attached hydrogen (secondary N) is 1. The van der Waals surface area contributed by atoms with Crippen molar-refractivity contribution in [2.75, 3.05) is 38.3 Å². The fourth-order valence-corrected chi connectivity index (χ4v) is 2.50. The molecule has 6 nitrogen and oxygen atoms in total. The number of aromatic nitrogens is 1. The molecule has 2 heterocycles. The SMILES string of the molecule is COC(=O)c1cc(N)cnc1NCC1CCCCN1C. The minimum atomic E-state index is -0.427. The van der Waals surface area contributed by atoms with Gasteiger partial charge in [0.1, 0.15) is 11.4 Å². The Morgan fingerprint density at radius 1 is 1.60 bits per heavy atom. The van der Waals surface area contributed by atoms with Gasteiger partial charge in [0, 0.05) is 12.6 Å². The average Bonchev–Trinajstić information content (AvgIpc) is 2.46. The van der Waals surface area contributed by atoms with E-state index in [-0.39, 0.29) is 0 Å². The van der Waals surface area contributed by atoms with E-state index in [0.29, 0.717) is 23.1 Å². The van der Waals surface area contributed by atoms with Gasteiger partial charge in [-0.1, -0.05) is 6.42 Å². The number of methoxy groups -OCH3 is 1. The molecule has 2 rings (SSSR count). The van der Waals surface area contributed by atoms with Crippen LogP contribution in [0.5, 0.6) is 0 Å². The highest BCUT2D eigenvalue weighted by atomic mass is 16.5. The zero-order valence-electron chi connectivity index (χ0n) is 12.1. The second-order valence-electron chi connectivity index (χ2n) is 5.17. The summed E-state index contributed by atoms with van der Waals surface area (Å²) in [5, 5.41) is 3.25. The number of nitrogens with two attached hydrogens (primary N) is 1. The number of nitrogens with zero attached hydrogens (tertiary/aromatic N) is 2. The van der Waals surface area contributed by atoms with Crippen LogP contribution in [0.15, 0.2) is 12.3 Å². The van der Waals surface area contributed by atoms with Gasteiger partial charge in [0.25, 0.3) is 0 Å². The molecule has 1 fully saturated rings. The molecule has 1 aromatic rings. The number of piperidine rings is 1. The maximum atomic E-state index is 11.7. The predicted octanol–water partition coefficient (Wildman–Crippen LogP) is 1.35. The van der Waals surface area contributed by atoms with Crippen molar-refractivity contribution in [3.63, 3.8) is 0 Å². The molecular weight excluding hydrogens is 256 g/mol. The maximum Gasteiger partial charge on any atom is 0.341 e. The summed E-state index contributed by atoms with van der Waals surface area (Å²) in [5.41, 5.74) is 6.50. The van der Waals surface area contributed by atoms with Crippen molar-refractivity contribution < 1.29 is 9.53 Å². The fraction of sp³-hybridized carbons (Fsp3) is 0.571. The molecule has 0 radical (unpaired) electrons. The molecule has 1 aromatic heterocycles. The van der Waals surface area contributed by atoms with Crippen LogP contribution in [-0.4, -0.2) is 49.1 Å². The van der Waals surface area contributed by atoms with E-state index in [1.54, 1.807) is 12.3 Å². The predicted molar refractivity (Wildman–Crippen MR) is 78.7 cm³/mol. The number of likely N-dealkylation sites (tertiary alicyclic amines) is 1. The van der Waals surface area contributed by atoms with Crippen molar-refractivity contribution in [2.45, 2.75) is 25.3 Å². The van der Waals surface area contributed by atoms with Gasteiger partial charge in [-0.3, -0.25) is 0 Å². The van der Waals surface area contributed by atoms with Gasteiger partial charge in [-0.25, -0.2) is 9.78 Å². The lowest BCUT2D eigenvalue weighted by molar-refractivity contribution is 0.0601. The first-order valence-electron chi connectivity index (χ1n) is 6.89. The molecule has 6 heteroatoms. The third-order valence-electron chi connectivity index (χ3n) is 3.74. The van der Waals surface area contributed by atoms with E-state index in [1.165, 1.54) is 20.0 Å². The zero-order chi connectivity index (χ0) is 14.5. The van der Waals surface area contributed by atoms with Crippen molar-refractivity contribution >= 4 is 17.5 Å². The van der Waals surface area contributed by atoms with Crippen LogP contribution in [-0.2, 0) is 4.74 Å². The van der Waals surface area contributed by atoms with Gasteiger partial charge < -0.3 is 20.7 Å². The maximum absolute atomic E-state index is 11.7. The Balaban J connectivity index is 2.06. The van der Waals surface area contributed by atoms with E-state index < -0.39 is 5.97 Å². The van der Waals surface area contributed by atoms with Crippen LogP contribution < -0.4 is 11.1 Å². The molecule has 0 aromatic carbocycles. The van der Waals surface area contributed by atoms with Crippen molar-refractivity contribution in [3.05, 3.63) is 17.8 Å². The monoisotopic (exact) mass is 278 g/mol.